The number of hydrogen-bond acceptors (Lipinski definition) is 3. The van der Waals surface area contributed by atoms with Crippen LogP contribution in [0.2, 0.25) is 0 Å². The van der Waals surface area contributed by atoms with Crippen molar-refractivity contribution < 1.29 is 14.4 Å². The van der Waals surface area contributed by atoms with Gasteiger partial charge in [-0.05, 0) is 62.1 Å². The Morgan fingerprint density at radius 2 is 1.74 bits per heavy atom. The van der Waals surface area contributed by atoms with E-state index in [1.807, 2.05) is 32.0 Å². The molecule has 0 radical (unpaired) electrons. The largest absolute Gasteiger partial charge is 0.349 e. The predicted molar refractivity (Wildman–Crippen MR) is 121 cm³/mol. The van der Waals surface area contributed by atoms with Crippen LogP contribution in [0.3, 0.4) is 0 Å². The monoisotopic (exact) mass is 419 g/mol. The Hall–Kier alpha value is -3.15. The fourth-order valence-corrected chi connectivity index (χ4v) is 4.38. The molecule has 162 valence electrons. The zero-order valence-electron chi connectivity index (χ0n) is 18.1. The van der Waals surface area contributed by atoms with Crippen LogP contribution in [0.25, 0.3) is 0 Å². The van der Waals surface area contributed by atoms with E-state index in [2.05, 4.69) is 10.6 Å². The molecule has 2 fully saturated rings. The predicted octanol–water partition coefficient (Wildman–Crippen LogP) is 3.97. The number of aryl methyl sites for hydroxylation is 2. The molecule has 31 heavy (non-hydrogen) atoms. The molecule has 1 atom stereocenters. The van der Waals surface area contributed by atoms with Crippen LogP contribution in [-0.4, -0.2) is 30.3 Å². The summed E-state index contributed by atoms with van der Waals surface area (Å²) in [5.74, 6) is -0.918. The first-order valence-electron chi connectivity index (χ1n) is 11.0. The van der Waals surface area contributed by atoms with Crippen molar-refractivity contribution in [3.63, 3.8) is 0 Å². The van der Waals surface area contributed by atoms with Crippen LogP contribution in [0.1, 0.15) is 53.6 Å². The number of benzene rings is 2. The minimum Gasteiger partial charge on any atom is -0.349 e. The molecule has 2 N–H and O–H groups in total. The van der Waals surface area contributed by atoms with Crippen molar-refractivity contribution in [2.24, 2.45) is 5.92 Å². The first-order valence-corrected chi connectivity index (χ1v) is 11.0. The van der Waals surface area contributed by atoms with E-state index < -0.39 is 5.92 Å². The number of amides is 3. The minimum atomic E-state index is -0.458. The summed E-state index contributed by atoms with van der Waals surface area (Å²) in [6.45, 7) is 4.38. The Morgan fingerprint density at radius 1 is 1.00 bits per heavy atom. The molecule has 2 aromatic rings. The van der Waals surface area contributed by atoms with E-state index in [1.165, 1.54) is 0 Å². The molecule has 4 rings (SSSR count). The van der Waals surface area contributed by atoms with E-state index in [4.69, 9.17) is 0 Å². The first-order chi connectivity index (χ1) is 14.9. The maximum Gasteiger partial charge on any atom is 0.253 e. The fourth-order valence-electron chi connectivity index (χ4n) is 4.38. The average molecular weight is 420 g/mol. The van der Waals surface area contributed by atoms with Crippen LogP contribution in [-0.2, 0) is 9.59 Å². The van der Waals surface area contributed by atoms with Crippen molar-refractivity contribution in [2.45, 2.75) is 52.0 Å². The van der Waals surface area contributed by atoms with E-state index in [1.54, 1.807) is 29.2 Å². The van der Waals surface area contributed by atoms with E-state index in [-0.39, 0.29) is 30.2 Å². The van der Waals surface area contributed by atoms with Gasteiger partial charge >= 0.3 is 0 Å². The molecule has 1 saturated carbocycles. The van der Waals surface area contributed by atoms with Gasteiger partial charge in [0.15, 0.2) is 0 Å². The molecule has 0 bridgehead atoms. The third kappa shape index (κ3) is 4.63. The zero-order chi connectivity index (χ0) is 22.0. The second-order valence-electron chi connectivity index (χ2n) is 8.66. The van der Waals surface area contributed by atoms with Gasteiger partial charge in [0.25, 0.3) is 5.91 Å². The minimum absolute atomic E-state index is 0.0596. The quantitative estimate of drug-likeness (QED) is 0.770. The number of nitrogens with one attached hydrogen (secondary N) is 2. The van der Waals surface area contributed by atoms with Crippen molar-refractivity contribution in [1.29, 1.82) is 0 Å². The van der Waals surface area contributed by atoms with Crippen molar-refractivity contribution >= 4 is 29.1 Å². The van der Waals surface area contributed by atoms with Gasteiger partial charge in [-0.25, -0.2) is 0 Å². The summed E-state index contributed by atoms with van der Waals surface area (Å²) in [6, 6.07) is 13.1. The van der Waals surface area contributed by atoms with Crippen molar-refractivity contribution in [3.05, 3.63) is 59.2 Å². The molecule has 1 aliphatic heterocycles. The summed E-state index contributed by atoms with van der Waals surface area (Å²) in [5, 5.41) is 5.96. The molecule has 0 unspecified atom stereocenters. The second kappa shape index (κ2) is 8.92. The van der Waals surface area contributed by atoms with Crippen LogP contribution in [0.4, 0.5) is 11.4 Å². The Bertz CT molecular complexity index is 1010. The molecule has 0 spiro atoms. The van der Waals surface area contributed by atoms with Gasteiger partial charge in [-0.15, -0.1) is 0 Å². The highest BCUT2D eigenvalue weighted by atomic mass is 16.2. The smallest absolute Gasteiger partial charge is 0.253 e. The number of anilines is 2. The molecule has 6 heteroatoms. The number of carbonyl (C=O) groups excluding carboxylic acids is 3. The van der Waals surface area contributed by atoms with Gasteiger partial charge in [0.2, 0.25) is 11.8 Å². The molecule has 6 nitrogen and oxygen atoms in total. The second-order valence-corrected chi connectivity index (χ2v) is 8.66. The normalized spacial score (nSPS) is 19.0. The van der Waals surface area contributed by atoms with Crippen molar-refractivity contribution in [2.75, 3.05) is 16.8 Å². The zero-order valence-corrected chi connectivity index (χ0v) is 18.1. The van der Waals surface area contributed by atoms with Crippen LogP contribution >= 0.6 is 0 Å². The van der Waals surface area contributed by atoms with Gasteiger partial charge < -0.3 is 15.5 Å². The van der Waals surface area contributed by atoms with Crippen LogP contribution in [0, 0.1) is 19.8 Å². The highest BCUT2D eigenvalue weighted by Crippen LogP contribution is 2.28. The molecular weight excluding hydrogens is 390 g/mol. The van der Waals surface area contributed by atoms with E-state index in [0.717, 1.165) is 42.5 Å². The maximum atomic E-state index is 13.0. The standard InChI is InChI=1S/C25H29N3O3/c1-16-11-12-20(13-17(16)2)28-15-18(14-23(28)29)24(30)27-22-10-6-5-9-21(22)25(31)26-19-7-3-4-8-19/h5-6,9-13,18-19H,3-4,7-8,14-15H2,1-2H3,(H,26,31)(H,27,30)/t18-/m0/s1. The highest BCUT2D eigenvalue weighted by molar-refractivity contribution is 6.07. The van der Waals surface area contributed by atoms with E-state index in [9.17, 15) is 14.4 Å². The molecule has 0 aromatic heterocycles. The van der Waals surface area contributed by atoms with Crippen LogP contribution in [0.5, 0.6) is 0 Å². The summed E-state index contributed by atoms with van der Waals surface area (Å²) in [6.07, 6.45) is 4.43. The SMILES string of the molecule is Cc1ccc(N2C[C@@H](C(=O)Nc3ccccc3C(=O)NC3CCCC3)CC2=O)cc1C. The summed E-state index contributed by atoms with van der Waals surface area (Å²) in [4.78, 5) is 40.0. The average Bonchev–Trinajstić information content (AvgIpc) is 3.40. The lowest BCUT2D eigenvalue weighted by Crippen LogP contribution is -2.34. The molecular formula is C25H29N3O3. The lowest BCUT2D eigenvalue weighted by Gasteiger charge is -2.18. The number of carbonyl (C=O) groups is 3. The van der Waals surface area contributed by atoms with Crippen LogP contribution < -0.4 is 15.5 Å². The van der Waals surface area contributed by atoms with Crippen LogP contribution in [0.15, 0.2) is 42.5 Å². The molecule has 1 heterocycles. The third-order valence-electron chi connectivity index (χ3n) is 6.42. The highest BCUT2D eigenvalue weighted by Gasteiger charge is 2.35. The van der Waals surface area contributed by atoms with Gasteiger partial charge in [0.05, 0.1) is 17.2 Å². The Morgan fingerprint density at radius 3 is 2.48 bits per heavy atom. The van der Waals surface area contributed by atoms with Gasteiger partial charge in [0.1, 0.15) is 0 Å². The van der Waals surface area contributed by atoms with E-state index >= 15 is 0 Å². The van der Waals surface area contributed by atoms with E-state index in [0.29, 0.717) is 17.8 Å². The molecule has 3 amide bonds. The molecule has 2 aliphatic rings. The number of hydrogen-bond donors (Lipinski definition) is 2. The maximum absolute atomic E-state index is 13.0. The molecule has 1 saturated heterocycles. The first kappa shape index (κ1) is 21.1. The Labute approximate surface area is 183 Å². The summed E-state index contributed by atoms with van der Waals surface area (Å²) in [5.41, 5.74) is 4.04. The Balaban J connectivity index is 1.44. The topological polar surface area (TPSA) is 78.5 Å². The number of rotatable bonds is 5. The summed E-state index contributed by atoms with van der Waals surface area (Å²) >= 11 is 0. The van der Waals surface area contributed by atoms with Gasteiger partial charge in [-0.1, -0.05) is 31.0 Å². The van der Waals surface area contributed by atoms with Gasteiger partial charge in [0, 0.05) is 24.7 Å². The fraction of sp³-hybridized carbons (Fsp3) is 0.400. The summed E-state index contributed by atoms with van der Waals surface area (Å²) in [7, 11) is 0. The van der Waals surface area contributed by atoms with Gasteiger partial charge in [-0.3, -0.25) is 14.4 Å². The molecule has 1 aliphatic carbocycles. The Kier molecular flexibility index (Phi) is 6.07. The number of nitrogens with zero attached hydrogens (tertiary/aromatic N) is 1. The third-order valence-corrected chi connectivity index (χ3v) is 6.42. The lowest BCUT2D eigenvalue weighted by molar-refractivity contribution is -0.122. The number of para-hydroxylation sites is 1. The summed E-state index contributed by atoms with van der Waals surface area (Å²) < 4.78 is 0. The molecule has 2 aromatic carbocycles. The van der Waals surface area contributed by atoms with Crippen molar-refractivity contribution in [1.82, 2.24) is 5.32 Å². The lowest BCUT2D eigenvalue weighted by atomic mass is 10.1. The van der Waals surface area contributed by atoms with Gasteiger partial charge in [-0.2, -0.15) is 0 Å². The van der Waals surface area contributed by atoms with Crippen molar-refractivity contribution in [3.8, 4) is 0 Å².